The summed E-state index contributed by atoms with van der Waals surface area (Å²) in [5, 5.41) is 3.65. The van der Waals surface area contributed by atoms with Crippen LogP contribution in [0.25, 0.3) is 0 Å². The van der Waals surface area contributed by atoms with Gasteiger partial charge < -0.3 is 14.2 Å². The second-order valence-electron chi connectivity index (χ2n) is 4.91. The van der Waals surface area contributed by atoms with Crippen LogP contribution >= 0.6 is 0 Å². The zero-order chi connectivity index (χ0) is 15.7. The molecule has 1 N–H and O–H groups in total. The third-order valence-corrected chi connectivity index (χ3v) is 3.17. The van der Waals surface area contributed by atoms with Crippen LogP contribution in [0.15, 0.2) is 4.52 Å². The number of H-pyrrole nitrogens is 1. The van der Waals surface area contributed by atoms with Gasteiger partial charge in [0.2, 0.25) is 0 Å². The SMILES string of the molecule is CC(=O)c1c(C)[nH]c(C(=O)O[C@H](C)c2nc(C)no2)c1C. The number of nitrogens with one attached hydrogen (secondary N) is 1. The minimum Gasteiger partial charge on any atom is -0.448 e. The molecule has 0 aromatic carbocycles. The van der Waals surface area contributed by atoms with Gasteiger partial charge in [-0.15, -0.1) is 0 Å². The Morgan fingerprint density at radius 2 is 1.95 bits per heavy atom. The van der Waals surface area contributed by atoms with Crippen LogP contribution < -0.4 is 0 Å². The first-order valence-electron chi connectivity index (χ1n) is 6.52. The van der Waals surface area contributed by atoms with E-state index in [-0.39, 0.29) is 17.4 Å². The van der Waals surface area contributed by atoms with Gasteiger partial charge in [0.05, 0.1) is 0 Å². The Morgan fingerprint density at radius 1 is 1.29 bits per heavy atom. The fourth-order valence-electron chi connectivity index (χ4n) is 2.23. The lowest BCUT2D eigenvalue weighted by Crippen LogP contribution is -2.11. The van der Waals surface area contributed by atoms with E-state index in [4.69, 9.17) is 9.26 Å². The first-order valence-corrected chi connectivity index (χ1v) is 6.52. The molecular formula is C14H17N3O4. The molecule has 0 aliphatic carbocycles. The van der Waals surface area contributed by atoms with Crippen molar-refractivity contribution < 1.29 is 18.8 Å². The van der Waals surface area contributed by atoms with Gasteiger partial charge in [-0.25, -0.2) is 4.79 Å². The molecule has 2 heterocycles. The summed E-state index contributed by atoms with van der Waals surface area (Å²) >= 11 is 0. The van der Waals surface area contributed by atoms with Crippen molar-refractivity contribution in [2.45, 2.75) is 40.7 Å². The molecule has 2 aromatic rings. The second kappa shape index (κ2) is 5.51. The average molecular weight is 291 g/mol. The Hall–Kier alpha value is -2.44. The van der Waals surface area contributed by atoms with E-state index in [1.807, 2.05) is 0 Å². The molecule has 7 heteroatoms. The summed E-state index contributed by atoms with van der Waals surface area (Å²) < 4.78 is 10.2. The van der Waals surface area contributed by atoms with Crippen molar-refractivity contribution in [3.63, 3.8) is 0 Å². The van der Waals surface area contributed by atoms with Crippen LogP contribution in [0.5, 0.6) is 0 Å². The Bertz CT molecular complexity index is 699. The summed E-state index contributed by atoms with van der Waals surface area (Å²) in [4.78, 5) is 30.7. The molecule has 0 amide bonds. The van der Waals surface area contributed by atoms with Crippen LogP contribution in [0.3, 0.4) is 0 Å². The number of carbonyl (C=O) groups excluding carboxylic acids is 2. The normalized spacial score (nSPS) is 12.2. The fraction of sp³-hybridized carbons (Fsp3) is 0.429. The Morgan fingerprint density at radius 3 is 2.43 bits per heavy atom. The molecule has 0 spiro atoms. The topological polar surface area (TPSA) is 98.1 Å². The molecule has 0 bridgehead atoms. The molecule has 2 rings (SSSR count). The van der Waals surface area contributed by atoms with E-state index in [2.05, 4.69) is 15.1 Å². The van der Waals surface area contributed by atoms with E-state index >= 15 is 0 Å². The Labute approximate surface area is 121 Å². The van der Waals surface area contributed by atoms with Gasteiger partial charge in [0.25, 0.3) is 5.89 Å². The van der Waals surface area contributed by atoms with Crippen molar-refractivity contribution in [3.8, 4) is 0 Å². The molecule has 0 saturated carbocycles. The average Bonchev–Trinajstić information content (AvgIpc) is 2.93. The molecular weight excluding hydrogens is 274 g/mol. The second-order valence-corrected chi connectivity index (χ2v) is 4.91. The first-order chi connectivity index (χ1) is 9.81. The highest BCUT2D eigenvalue weighted by Crippen LogP contribution is 2.22. The van der Waals surface area contributed by atoms with Crippen LogP contribution in [0.2, 0.25) is 0 Å². The summed E-state index contributed by atoms with van der Waals surface area (Å²) in [5.41, 5.74) is 2.01. The van der Waals surface area contributed by atoms with Gasteiger partial charge in [-0.3, -0.25) is 4.79 Å². The number of hydrogen-bond acceptors (Lipinski definition) is 6. The predicted octanol–water partition coefficient (Wildman–Crippen LogP) is 2.44. The summed E-state index contributed by atoms with van der Waals surface area (Å²) in [7, 11) is 0. The monoisotopic (exact) mass is 291 g/mol. The van der Waals surface area contributed by atoms with Gasteiger partial charge in [0, 0.05) is 11.3 Å². The van der Waals surface area contributed by atoms with E-state index < -0.39 is 12.1 Å². The van der Waals surface area contributed by atoms with Crippen molar-refractivity contribution in [2.75, 3.05) is 0 Å². The minimum absolute atomic E-state index is 0.0964. The van der Waals surface area contributed by atoms with Crippen molar-refractivity contribution in [1.29, 1.82) is 0 Å². The lowest BCUT2D eigenvalue weighted by Gasteiger charge is -2.08. The molecule has 2 aromatic heterocycles. The number of aromatic amines is 1. The first kappa shape index (κ1) is 15.0. The van der Waals surface area contributed by atoms with E-state index in [1.54, 1.807) is 27.7 Å². The number of carbonyl (C=O) groups is 2. The molecule has 0 radical (unpaired) electrons. The quantitative estimate of drug-likeness (QED) is 0.686. The standard InChI is InChI=1S/C14H17N3O4/c1-6-11(8(3)18)7(2)15-12(6)14(19)20-9(4)13-16-10(5)17-21-13/h9,15H,1-5H3/t9-/m1/s1. The summed E-state index contributed by atoms with van der Waals surface area (Å²) in [5.74, 6) is 0.0413. The molecule has 0 saturated heterocycles. The van der Waals surface area contributed by atoms with Gasteiger partial charge >= 0.3 is 5.97 Å². The third-order valence-electron chi connectivity index (χ3n) is 3.17. The van der Waals surface area contributed by atoms with Gasteiger partial charge in [0.1, 0.15) is 5.69 Å². The van der Waals surface area contributed by atoms with Crippen molar-refractivity contribution in [1.82, 2.24) is 15.1 Å². The van der Waals surface area contributed by atoms with E-state index in [0.717, 1.165) is 0 Å². The summed E-state index contributed by atoms with van der Waals surface area (Å²) in [6.07, 6.45) is -0.664. The van der Waals surface area contributed by atoms with Crippen molar-refractivity contribution in [3.05, 3.63) is 34.2 Å². The molecule has 1 atom stereocenters. The summed E-state index contributed by atoms with van der Waals surface area (Å²) in [6, 6.07) is 0. The Kier molecular flexibility index (Phi) is 3.93. The number of rotatable bonds is 4. The lowest BCUT2D eigenvalue weighted by atomic mass is 10.1. The maximum Gasteiger partial charge on any atom is 0.355 e. The number of esters is 1. The molecule has 7 nitrogen and oxygen atoms in total. The molecule has 0 unspecified atom stereocenters. The molecule has 0 fully saturated rings. The number of hydrogen-bond donors (Lipinski definition) is 1. The molecule has 21 heavy (non-hydrogen) atoms. The third kappa shape index (κ3) is 2.86. The predicted molar refractivity (Wildman–Crippen MR) is 73.1 cm³/mol. The Balaban J connectivity index is 2.21. The van der Waals surface area contributed by atoms with Crippen LogP contribution in [0.4, 0.5) is 0 Å². The van der Waals surface area contributed by atoms with Crippen LogP contribution in [0, 0.1) is 20.8 Å². The zero-order valence-corrected chi connectivity index (χ0v) is 12.6. The van der Waals surface area contributed by atoms with Crippen molar-refractivity contribution >= 4 is 11.8 Å². The number of aromatic nitrogens is 3. The smallest absolute Gasteiger partial charge is 0.355 e. The van der Waals surface area contributed by atoms with E-state index in [9.17, 15) is 9.59 Å². The van der Waals surface area contributed by atoms with Gasteiger partial charge in [-0.2, -0.15) is 4.98 Å². The highest BCUT2D eigenvalue weighted by Gasteiger charge is 2.24. The van der Waals surface area contributed by atoms with E-state index in [0.29, 0.717) is 22.6 Å². The lowest BCUT2D eigenvalue weighted by molar-refractivity contribution is 0.0258. The van der Waals surface area contributed by atoms with E-state index in [1.165, 1.54) is 6.92 Å². The van der Waals surface area contributed by atoms with Crippen LogP contribution in [-0.2, 0) is 4.74 Å². The minimum atomic E-state index is -0.664. The number of Topliss-reactive ketones (excluding diaryl/α,β-unsaturated/α-hetero) is 1. The number of ketones is 1. The van der Waals surface area contributed by atoms with Gasteiger partial charge in [-0.1, -0.05) is 5.16 Å². The van der Waals surface area contributed by atoms with Gasteiger partial charge in [0.15, 0.2) is 17.7 Å². The largest absolute Gasteiger partial charge is 0.448 e. The number of ether oxygens (including phenoxy) is 1. The number of nitrogens with zero attached hydrogens (tertiary/aromatic N) is 2. The molecule has 112 valence electrons. The number of aryl methyl sites for hydroxylation is 2. The molecule has 0 aliphatic rings. The van der Waals surface area contributed by atoms with Gasteiger partial charge in [-0.05, 0) is 40.2 Å². The highest BCUT2D eigenvalue weighted by molar-refractivity contribution is 6.01. The maximum atomic E-state index is 12.2. The highest BCUT2D eigenvalue weighted by atomic mass is 16.6. The molecule has 0 aliphatic heterocycles. The zero-order valence-electron chi connectivity index (χ0n) is 12.6. The van der Waals surface area contributed by atoms with Crippen LogP contribution in [-0.4, -0.2) is 26.9 Å². The van der Waals surface area contributed by atoms with Crippen LogP contribution in [0.1, 0.15) is 63.8 Å². The van der Waals surface area contributed by atoms with Crippen molar-refractivity contribution in [2.24, 2.45) is 0 Å². The maximum absolute atomic E-state index is 12.2. The fourth-order valence-corrected chi connectivity index (χ4v) is 2.23. The summed E-state index contributed by atoms with van der Waals surface area (Å²) in [6.45, 7) is 8.23.